The number of para-hydroxylation sites is 1. The number of nitrogens with one attached hydrogen (secondary N) is 2. The smallest absolute Gasteiger partial charge is 0.268 e. The first kappa shape index (κ1) is 25.6. The van der Waals surface area contributed by atoms with E-state index < -0.39 is 0 Å². The Morgan fingerprint density at radius 2 is 1.65 bits per heavy atom. The number of rotatable bonds is 7. The summed E-state index contributed by atoms with van der Waals surface area (Å²) in [6, 6.07) is 29.8. The van der Waals surface area contributed by atoms with E-state index in [0.717, 1.165) is 64.4 Å². The first-order valence-electron chi connectivity index (χ1n) is 13.7. The minimum absolute atomic E-state index is 0.00735. The van der Waals surface area contributed by atoms with E-state index in [9.17, 15) is 4.79 Å². The number of benzene rings is 4. The first-order chi connectivity index (χ1) is 19.5. The Hall–Kier alpha value is -4.62. The molecule has 0 atom stereocenters. The van der Waals surface area contributed by atoms with E-state index in [-0.39, 0.29) is 23.8 Å². The van der Waals surface area contributed by atoms with Crippen LogP contribution in [0.2, 0.25) is 0 Å². The van der Waals surface area contributed by atoms with Gasteiger partial charge in [-0.25, -0.2) is 0 Å². The van der Waals surface area contributed by atoms with Crippen molar-refractivity contribution >= 4 is 33.4 Å². The molecule has 7 nitrogen and oxygen atoms in total. The SMILES string of the molecule is N=C(N)c1ccc2cc(C(=O)N[C@H]3CC[C@H](N)CC3)n(Cc3cccc4c(Oc5ccccc5)cccc34)c2c1. The molecule has 0 spiro atoms. The molecule has 0 saturated heterocycles. The van der Waals surface area contributed by atoms with Crippen molar-refractivity contribution in [2.45, 2.75) is 44.3 Å². The van der Waals surface area contributed by atoms with Crippen molar-refractivity contribution in [2.24, 2.45) is 11.5 Å². The van der Waals surface area contributed by atoms with Gasteiger partial charge in [-0.15, -0.1) is 0 Å². The van der Waals surface area contributed by atoms with E-state index in [1.807, 2.05) is 77.4 Å². The highest BCUT2D eigenvalue weighted by Crippen LogP contribution is 2.33. The summed E-state index contributed by atoms with van der Waals surface area (Å²) in [5, 5.41) is 14.2. The summed E-state index contributed by atoms with van der Waals surface area (Å²) in [4.78, 5) is 13.7. The molecule has 1 aliphatic carbocycles. The average Bonchev–Trinajstić information content (AvgIpc) is 3.33. The largest absolute Gasteiger partial charge is 0.457 e. The van der Waals surface area contributed by atoms with Crippen molar-refractivity contribution in [3.05, 3.63) is 108 Å². The third-order valence-corrected chi connectivity index (χ3v) is 7.83. The predicted octanol–water partition coefficient (Wildman–Crippen LogP) is 5.92. The molecule has 1 heterocycles. The van der Waals surface area contributed by atoms with E-state index >= 15 is 0 Å². The van der Waals surface area contributed by atoms with Gasteiger partial charge in [-0.3, -0.25) is 10.2 Å². The van der Waals surface area contributed by atoms with Crippen molar-refractivity contribution in [1.82, 2.24) is 9.88 Å². The Bertz CT molecular complexity index is 1700. The van der Waals surface area contributed by atoms with Gasteiger partial charge in [0.15, 0.2) is 0 Å². The molecule has 5 aromatic rings. The molecular formula is C33H33N5O2. The number of carbonyl (C=O) groups is 1. The maximum atomic E-state index is 13.7. The molecule has 7 heteroatoms. The zero-order valence-electron chi connectivity index (χ0n) is 22.3. The Morgan fingerprint density at radius 1 is 0.900 bits per heavy atom. The highest BCUT2D eigenvalue weighted by Gasteiger charge is 2.23. The summed E-state index contributed by atoms with van der Waals surface area (Å²) in [7, 11) is 0. The molecule has 4 aromatic carbocycles. The van der Waals surface area contributed by atoms with E-state index in [1.54, 1.807) is 0 Å². The minimum Gasteiger partial charge on any atom is -0.457 e. The van der Waals surface area contributed by atoms with Crippen LogP contribution < -0.4 is 21.5 Å². The summed E-state index contributed by atoms with van der Waals surface area (Å²) in [5.41, 5.74) is 15.0. The van der Waals surface area contributed by atoms with Crippen LogP contribution in [0.1, 0.15) is 47.3 Å². The lowest BCUT2D eigenvalue weighted by Gasteiger charge is -2.27. The van der Waals surface area contributed by atoms with Gasteiger partial charge in [0.2, 0.25) is 0 Å². The fourth-order valence-corrected chi connectivity index (χ4v) is 5.66. The lowest BCUT2D eigenvalue weighted by Crippen LogP contribution is -2.41. The van der Waals surface area contributed by atoms with Crippen LogP contribution >= 0.6 is 0 Å². The van der Waals surface area contributed by atoms with Crippen LogP contribution in [-0.2, 0) is 6.54 Å². The average molecular weight is 532 g/mol. The molecule has 202 valence electrons. The molecule has 1 saturated carbocycles. The van der Waals surface area contributed by atoms with Crippen LogP contribution in [0.4, 0.5) is 0 Å². The zero-order chi connectivity index (χ0) is 27.6. The van der Waals surface area contributed by atoms with Crippen LogP contribution in [0.25, 0.3) is 21.7 Å². The van der Waals surface area contributed by atoms with Crippen molar-refractivity contribution in [2.75, 3.05) is 0 Å². The lowest BCUT2D eigenvalue weighted by molar-refractivity contribution is 0.0917. The number of nitrogens with zero attached hydrogens (tertiary/aromatic N) is 1. The fraction of sp³-hybridized carbons (Fsp3) is 0.212. The Balaban J connectivity index is 1.40. The number of carbonyl (C=O) groups excluding carboxylic acids is 1. The molecule has 1 aromatic heterocycles. The van der Waals surface area contributed by atoms with E-state index in [4.69, 9.17) is 21.6 Å². The van der Waals surface area contributed by atoms with Crippen molar-refractivity contribution in [1.29, 1.82) is 5.41 Å². The summed E-state index contributed by atoms with van der Waals surface area (Å²) < 4.78 is 8.26. The molecule has 0 bridgehead atoms. The fourth-order valence-electron chi connectivity index (χ4n) is 5.66. The molecule has 1 fully saturated rings. The number of hydrogen-bond acceptors (Lipinski definition) is 4. The van der Waals surface area contributed by atoms with Gasteiger partial charge in [0.25, 0.3) is 5.91 Å². The second-order valence-corrected chi connectivity index (χ2v) is 10.6. The van der Waals surface area contributed by atoms with Crippen LogP contribution in [0.3, 0.4) is 0 Å². The van der Waals surface area contributed by atoms with E-state index in [1.165, 1.54) is 0 Å². The molecule has 1 amide bonds. The van der Waals surface area contributed by atoms with Crippen molar-refractivity contribution in [3.63, 3.8) is 0 Å². The Kier molecular flexibility index (Phi) is 6.97. The van der Waals surface area contributed by atoms with E-state index in [2.05, 4.69) is 23.5 Å². The van der Waals surface area contributed by atoms with Gasteiger partial charge in [0, 0.05) is 40.5 Å². The molecule has 0 radical (unpaired) electrons. The van der Waals surface area contributed by atoms with Gasteiger partial charge in [-0.1, -0.05) is 60.7 Å². The molecule has 40 heavy (non-hydrogen) atoms. The number of ether oxygens (including phenoxy) is 1. The Labute approximate surface area is 233 Å². The molecule has 0 unspecified atom stereocenters. The number of hydrogen-bond donors (Lipinski definition) is 4. The minimum atomic E-state index is -0.102. The number of nitrogens with two attached hydrogens (primary N) is 2. The normalized spacial score (nSPS) is 17.1. The highest BCUT2D eigenvalue weighted by molar-refractivity contribution is 6.02. The molecule has 0 aliphatic heterocycles. The number of amidine groups is 1. The van der Waals surface area contributed by atoms with Crippen LogP contribution in [0, 0.1) is 5.41 Å². The summed E-state index contributed by atoms with van der Waals surface area (Å²) in [6.45, 7) is 0.468. The summed E-state index contributed by atoms with van der Waals surface area (Å²) >= 11 is 0. The van der Waals surface area contributed by atoms with Crippen molar-refractivity contribution < 1.29 is 9.53 Å². The maximum absolute atomic E-state index is 13.7. The van der Waals surface area contributed by atoms with Gasteiger partial charge in [0.05, 0.1) is 0 Å². The van der Waals surface area contributed by atoms with Gasteiger partial charge in [-0.2, -0.15) is 0 Å². The van der Waals surface area contributed by atoms with Gasteiger partial charge < -0.3 is 26.1 Å². The monoisotopic (exact) mass is 531 g/mol. The number of amides is 1. The summed E-state index contributed by atoms with van der Waals surface area (Å²) in [6.07, 6.45) is 3.60. The Morgan fingerprint density at radius 3 is 2.42 bits per heavy atom. The van der Waals surface area contributed by atoms with E-state index in [0.29, 0.717) is 17.8 Å². The standard InChI is InChI=1S/C33H33N5O2/c34-24-14-16-25(17-15-24)37-33(39)30-18-21-12-13-22(32(35)36)19-29(21)38(30)20-23-6-4-10-28-27(23)9-5-11-31(28)40-26-7-2-1-3-8-26/h1-13,18-19,24-25H,14-17,20,34H2,(H3,35,36)(H,37,39)/t24-,25-. The molecule has 6 N–H and O–H groups in total. The number of nitrogen functional groups attached to an aromatic ring is 1. The summed E-state index contributed by atoms with van der Waals surface area (Å²) in [5.74, 6) is 1.44. The predicted molar refractivity (Wildman–Crippen MR) is 160 cm³/mol. The van der Waals surface area contributed by atoms with Crippen molar-refractivity contribution in [3.8, 4) is 11.5 Å². The van der Waals surface area contributed by atoms with Crippen LogP contribution in [0.5, 0.6) is 11.5 Å². The topological polar surface area (TPSA) is 119 Å². The number of fused-ring (bicyclic) bond motifs is 2. The second kappa shape index (κ2) is 10.9. The maximum Gasteiger partial charge on any atom is 0.268 e. The van der Waals surface area contributed by atoms with Gasteiger partial charge >= 0.3 is 0 Å². The van der Waals surface area contributed by atoms with Crippen LogP contribution in [0.15, 0.2) is 91.0 Å². The highest BCUT2D eigenvalue weighted by atomic mass is 16.5. The molecule has 6 rings (SSSR count). The van der Waals surface area contributed by atoms with Gasteiger partial charge in [0.1, 0.15) is 23.0 Å². The third kappa shape index (κ3) is 5.16. The van der Waals surface area contributed by atoms with Gasteiger partial charge in [-0.05, 0) is 67.0 Å². The van der Waals surface area contributed by atoms with Crippen LogP contribution in [-0.4, -0.2) is 28.4 Å². The lowest BCUT2D eigenvalue weighted by atomic mass is 9.92. The molecular weight excluding hydrogens is 498 g/mol. The second-order valence-electron chi connectivity index (χ2n) is 10.6. The molecule has 1 aliphatic rings. The number of aromatic nitrogens is 1. The first-order valence-corrected chi connectivity index (χ1v) is 13.7. The zero-order valence-corrected chi connectivity index (χ0v) is 22.3. The quantitative estimate of drug-likeness (QED) is 0.154. The third-order valence-electron chi connectivity index (χ3n) is 7.83.